The smallest absolute Gasteiger partial charge is 0.264 e. The lowest BCUT2D eigenvalue weighted by molar-refractivity contribution is 0.239. The van der Waals surface area contributed by atoms with E-state index in [9.17, 15) is 16.8 Å². The quantitative estimate of drug-likeness (QED) is 0.747. The molecule has 2 rings (SSSR count). The number of hydrogen-bond donors (Lipinski definition) is 1. The molecule has 136 valence electrons. The number of hydrogen-bond acceptors (Lipinski definition) is 4. The number of halogens is 1. The molecule has 1 aliphatic heterocycles. The zero-order valence-electron chi connectivity index (χ0n) is 13.5. The summed E-state index contributed by atoms with van der Waals surface area (Å²) in [7, 11) is -7.78. The number of nitrogens with zero attached hydrogens (tertiary/aromatic N) is 1. The van der Waals surface area contributed by atoms with Crippen LogP contribution in [0.3, 0.4) is 0 Å². The van der Waals surface area contributed by atoms with Gasteiger partial charge in [0.05, 0.1) is 10.8 Å². The molecule has 0 aliphatic carbocycles. The van der Waals surface area contributed by atoms with Crippen LogP contribution in [0, 0.1) is 6.92 Å². The summed E-state index contributed by atoms with van der Waals surface area (Å²) in [5, 5.41) is 0.192. The molecule has 0 radical (unpaired) electrons. The topological polar surface area (TPSA) is 91.8 Å². The molecule has 0 amide bonds. The Morgan fingerprint density at radius 3 is 2.58 bits per heavy atom. The van der Waals surface area contributed by atoms with Gasteiger partial charge in [0.1, 0.15) is 4.90 Å². The molecule has 24 heavy (non-hydrogen) atoms. The summed E-state index contributed by atoms with van der Waals surface area (Å²) in [4.78, 5) is 0.119. The van der Waals surface area contributed by atoms with Crippen LogP contribution < -0.4 is 0 Å². The van der Waals surface area contributed by atoms with Gasteiger partial charge in [-0.2, -0.15) is 12.7 Å². The highest BCUT2D eigenvalue weighted by molar-refractivity contribution is 7.89. The molecule has 9 heteroatoms. The second-order valence-corrected chi connectivity index (χ2v) is 9.89. The minimum absolute atomic E-state index is 0.119. The first-order valence-corrected chi connectivity index (χ1v) is 11.3. The third-order valence-electron chi connectivity index (χ3n) is 4.24. The largest absolute Gasteiger partial charge is 0.286 e. The molecule has 0 saturated carbocycles. The molecule has 1 saturated heterocycles. The fourth-order valence-corrected chi connectivity index (χ4v) is 6.18. The van der Waals surface area contributed by atoms with Crippen molar-refractivity contribution in [2.45, 2.75) is 50.0 Å². The van der Waals surface area contributed by atoms with Gasteiger partial charge in [-0.05, 0) is 44.2 Å². The first-order chi connectivity index (χ1) is 11.1. The molecule has 1 heterocycles. The van der Waals surface area contributed by atoms with Crippen LogP contribution in [-0.2, 0) is 20.1 Å². The summed E-state index contributed by atoms with van der Waals surface area (Å²) < 4.78 is 58.2. The van der Waals surface area contributed by atoms with E-state index in [4.69, 9.17) is 16.2 Å². The Kier molecular flexibility index (Phi) is 6.30. The molecule has 1 atom stereocenters. The Morgan fingerprint density at radius 2 is 1.96 bits per heavy atom. The molecule has 0 aromatic heterocycles. The highest BCUT2D eigenvalue weighted by atomic mass is 35.5. The van der Waals surface area contributed by atoms with Crippen LogP contribution in [0.15, 0.2) is 23.1 Å². The fourth-order valence-electron chi connectivity index (χ4n) is 3.14. The van der Waals surface area contributed by atoms with Gasteiger partial charge in [0.2, 0.25) is 10.0 Å². The molecular weight excluding hydrogens is 374 g/mol. The highest BCUT2D eigenvalue weighted by Crippen LogP contribution is 2.33. The first kappa shape index (κ1) is 19.7. The molecule has 1 aliphatic rings. The summed E-state index contributed by atoms with van der Waals surface area (Å²) in [6, 6.07) is 4.69. The second-order valence-electron chi connectivity index (χ2n) is 6.08. The molecule has 0 bridgehead atoms. The average molecular weight is 396 g/mol. The van der Waals surface area contributed by atoms with Gasteiger partial charge in [0, 0.05) is 12.6 Å². The fraction of sp³-hybridized carbons (Fsp3) is 0.600. The number of benzene rings is 1. The summed E-state index contributed by atoms with van der Waals surface area (Å²) in [5.41, 5.74) is 0.588. The number of sulfonamides is 1. The normalized spacial score (nSPS) is 20.2. The lowest BCUT2D eigenvalue weighted by atomic mass is 10.0. The van der Waals surface area contributed by atoms with Crippen LogP contribution >= 0.6 is 11.6 Å². The summed E-state index contributed by atoms with van der Waals surface area (Å²) in [6.45, 7) is 2.10. The zero-order chi connectivity index (χ0) is 18.0. The van der Waals surface area contributed by atoms with E-state index in [0.717, 1.165) is 12.8 Å². The molecule has 6 nitrogen and oxygen atoms in total. The number of rotatable bonds is 6. The summed E-state index contributed by atoms with van der Waals surface area (Å²) in [6.07, 6.45) is 2.94. The van der Waals surface area contributed by atoms with E-state index in [2.05, 4.69) is 0 Å². The van der Waals surface area contributed by atoms with Gasteiger partial charge in [-0.15, -0.1) is 0 Å². The Bertz CT molecular complexity index is 772. The molecule has 1 aromatic carbocycles. The van der Waals surface area contributed by atoms with Crippen LogP contribution in [-0.4, -0.2) is 44.0 Å². The molecule has 0 spiro atoms. The minimum atomic E-state index is -4.03. The van der Waals surface area contributed by atoms with Crippen LogP contribution in [0.1, 0.15) is 37.7 Å². The van der Waals surface area contributed by atoms with Gasteiger partial charge >= 0.3 is 0 Å². The van der Waals surface area contributed by atoms with E-state index in [0.29, 0.717) is 24.9 Å². The maximum atomic E-state index is 13.1. The van der Waals surface area contributed by atoms with Crippen molar-refractivity contribution >= 4 is 31.7 Å². The van der Waals surface area contributed by atoms with E-state index in [1.54, 1.807) is 25.1 Å². The third-order valence-corrected chi connectivity index (χ3v) is 7.63. The zero-order valence-corrected chi connectivity index (χ0v) is 15.9. The SMILES string of the molecule is Cc1cccc(Cl)c1S(=O)(=O)N1CCCCC1CCCS(=O)(=O)O. The molecule has 1 aromatic rings. The monoisotopic (exact) mass is 395 g/mol. The van der Waals surface area contributed by atoms with Crippen molar-refractivity contribution in [1.29, 1.82) is 0 Å². The molecule has 1 fully saturated rings. The lowest BCUT2D eigenvalue weighted by Crippen LogP contribution is -2.44. The van der Waals surface area contributed by atoms with Crippen LogP contribution in [0.25, 0.3) is 0 Å². The van der Waals surface area contributed by atoms with E-state index in [1.807, 2.05) is 0 Å². The second kappa shape index (κ2) is 7.70. The van der Waals surface area contributed by atoms with Crippen molar-refractivity contribution in [2.24, 2.45) is 0 Å². The van der Waals surface area contributed by atoms with Crippen molar-refractivity contribution in [3.8, 4) is 0 Å². The first-order valence-electron chi connectivity index (χ1n) is 7.85. The van der Waals surface area contributed by atoms with Gasteiger partial charge in [-0.3, -0.25) is 4.55 Å². The van der Waals surface area contributed by atoms with E-state index in [-0.39, 0.29) is 28.1 Å². The average Bonchev–Trinajstić information content (AvgIpc) is 2.46. The molecule has 1 unspecified atom stereocenters. The van der Waals surface area contributed by atoms with Crippen LogP contribution in [0.5, 0.6) is 0 Å². The summed E-state index contributed by atoms with van der Waals surface area (Å²) in [5.74, 6) is -0.359. The molecule has 1 N–H and O–H groups in total. The van der Waals surface area contributed by atoms with Crippen LogP contribution in [0.4, 0.5) is 0 Å². The maximum Gasteiger partial charge on any atom is 0.264 e. The van der Waals surface area contributed by atoms with Gasteiger partial charge in [0.15, 0.2) is 0 Å². The Balaban J connectivity index is 2.25. The van der Waals surface area contributed by atoms with Gasteiger partial charge in [0.25, 0.3) is 10.1 Å². The highest BCUT2D eigenvalue weighted by Gasteiger charge is 2.35. The Morgan fingerprint density at radius 1 is 1.25 bits per heavy atom. The third kappa shape index (κ3) is 4.70. The van der Waals surface area contributed by atoms with Crippen molar-refractivity contribution in [2.75, 3.05) is 12.3 Å². The number of piperidine rings is 1. The number of aryl methyl sites for hydroxylation is 1. The standard InChI is InChI=1S/C15H22ClNO5S2/c1-12-6-4-9-14(16)15(12)24(21,22)17-10-3-2-7-13(17)8-5-11-23(18,19)20/h4,6,9,13H,2-3,5,7-8,10-11H2,1H3,(H,18,19,20). The minimum Gasteiger partial charge on any atom is -0.286 e. The van der Waals surface area contributed by atoms with E-state index in [1.165, 1.54) is 4.31 Å². The predicted molar refractivity (Wildman–Crippen MR) is 93.4 cm³/mol. The van der Waals surface area contributed by atoms with E-state index < -0.39 is 20.1 Å². The van der Waals surface area contributed by atoms with Gasteiger partial charge < -0.3 is 0 Å². The van der Waals surface area contributed by atoms with Gasteiger partial charge in [-0.25, -0.2) is 8.42 Å². The maximum absolute atomic E-state index is 13.1. The Labute approximate surface area is 148 Å². The summed E-state index contributed by atoms with van der Waals surface area (Å²) >= 11 is 6.13. The van der Waals surface area contributed by atoms with E-state index >= 15 is 0 Å². The van der Waals surface area contributed by atoms with Crippen LogP contribution in [0.2, 0.25) is 5.02 Å². The van der Waals surface area contributed by atoms with Crippen molar-refractivity contribution in [3.63, 3.8) is 0 Å². The predicted octanol–water partition coefficient (Wildman–Crippen LogP) is 2.86. The van der Waals surface area contributed by atoms with Crippen molar-refractivity contribution in [1.82, 2.24) is 4.31 Å². The van der Waals surface area contributed by atoms with Crippen molar-refractivity contribution < 1.29 is 21.4 Å². The molecular formula is C15H22ClNO5S2. The lowest BCUT2D eigenvalue weighted by Gasteiger charge is -2.35. The van der Waals surface area contributed by atoms with Gasteiger partial charge in [-0.1, -0.05) is 30.2 Å². The Hall–Kier alpha value is -0.670. The van der Waals surface area contributed by atoms with Crippen molar-refractivity contribution in [3.05, 3.63) is 28.8 Å².